The van der Waals surface area contributed by atoms with E-state index in [0.29, 0.717) is 38.5 Å². The normalized spacial score (nSPS) is 15.1. The van der Waals surface area contributed by atoms with E-state index in [9.17, 15) is 48.3 Å². The van der Waals surface area contributed by atoms with Crippen molar-refractivity contribution in [3.63, 3.8) is 0 Å². The van der Waals surface area contributed by atoms with Gasteiger partial charge < -0.3 is 0 Å². The first-order chi connectivity index (χ1) is 18.2. The third-order valence-corrected chi connectivity index (χ3v) is 6.69. The molecule has 0 heterocycles. The van der Waals surface area contributed by atoms with Crippen LogP contribution in [0.5, 0.6) is 0 Å². The van der Waals surface area contributed by atoms with Gasteiger partial charge in [0.05, 0.1) is 6.04 Å². The van der Waals surface area contributed by atoms with E-state index in [0.717, 1.165) is 4.90 Å². The standard InChI is InChI=1S/C26H34F13N/c1-3-5-7-12-16-40(17-13-8-6-4-2)20(18-19-14-10-9-11-15-19)21(27,28)22(29,30)23(31,32)24(33,34)25(35,36)26(37,38)39/h9-11,14-15,20H,3-8,12-13,16-18H2,1-2H3. The number of halogens is 13. The maximum atomic E-state index is 15.5. The molecule has 1 aromatic carbocycles. The molecule has 1 aromatic rings. The van der Waals surface area contributed by atoms with E-state index in [1.165, 1.54) is 30.3 Å². The number of benzene rings is 1. The number of nitrogens with zero attached hydrogens (tertiary/aromatic N) is 1. The van der Waals surface area contributed by atoms with Crippen LogP contribution in [0.25, 0.3) is 0 Å². The monoisotopic (exact) mass is 607 g/mol. The van der Waals surface area contributed by atoms with Crippen LogP contribution in [-0.2, 0) is 6.42 Å². The van der Waals surface area contributed by atoms with Gasteiger partial charge in [-0.1, -0.05) is 82.7 Å². The second-order valence-electron chi connectivity index (χ2n) is 9.78. The van der Waals surface area contributed by atoms with Crippen molar-refractivity contribution in [1.29, 1.82) is 0 Å². The van der Waals surface area contributed by atoms with Crippen molar-refractivity contribution in [2.45, 2.75) is 113 Å². The van der Waals surface area contributed by atoms with Crippen LogP contribution in [0.3, 0.4) is 0 Å². The van der Waals surface area contributed by atoms with Crippen molar-refractivity contribution in [3.05, 3.63) is 35.9 Å². The molecule has 14 heteroatoms. The highest BCUT2D eigenvalue weighted by molar-refractivity contribution is 5.19. The van der Waals surface area contributed by atoms with Crippen LogP contribution in [0.1, 0.15) is 70.8 Å². The zero-order valence-corrected chi connectivity index (χ0v) is 22.1. The molecular formula is C26H34F13N. The molecule has 0 aliphatic rings. The summed E-state index contributed by atoms with van der Waals surface area (Å²) in [7, 11) is 0. The Kier molecular flexibility index (Phi) is 12.7. The third-order valence-electron chi connectivity index (χ3n) is 6.69. The van der Waals surface area contributed by atoms with Gasteiger partial charge in [-0.2, -0.15) is 57.1 Å². The lowest BCUT2D eigenvalue weighted by Crippen LogP contribution is -2.73. The van der Waals surface area contributed by atoms with Crippen molar-refractivity contribution < 1.29 is 57.1 Å². The Morgan fingerprint density at radius 2 is 0.975 bits per heavy atom. The largest absolute Gasteiger partial charge is 0.460 e. The van der Waals surface area contributed by atoms with E-state index >= 15 is 8.78 Å². The molecule has 0 aliphatic carbocycles. The van der Waals surface area contributed by atoms with Gasteiger partial charge in [-0.25, -0.2) is 0 Å². The van der Waals surface area contributed by atoms with Gasteiger partial charge in [0.15, 0.2) is 0 Å². The van der Waals surface area contributed by atoms with E-state index in [1.54, 1.807) is 0 Å². The van der Waals surface area contributed by atoms with Gasteiger partial charge in [-0.15, -0.1) is 0 Å². The first-order valence-electron chi connectivity index (χ1n) is 13.0. The summed E-state index contributed by atoms with van der Waals surface area (Å²) in [6, 6.07) is 3.46. The van der Waals surface area contributed by atoms with Crippen LogP contribution in [0.4, 0.5) is 57.1 Å². The average molecular weight is 608 g/mol. The lowest BCUT2D eigenvalue weighted by molar-refractivity contribution is -0.442. The zero-order chi connectivity index (χ0) is 31.0. The fraction of sp³-hybridized carbons (Fsp3) is 0.769. The van der Waals surface area contributed by atoms with Gasteiger partial charge >= 0.3 is 35.8 Å². The summed E-state index contributed by atoms with van der Waals surface area (Å²) >= 11 is 0. The van der Waals surface area contributed by atoms with Crippen LogP contribution >= 0.6 is 0 Å². The number of alkyl halides is 13. The number of rotatable bonds is 18. The van der Waals surface area contributed by atoms with Gasteiger partial charge in [0.1, 0.15) is 0 Å². The summed E-state index contributed by atoms with van der Waals surface area (Å²) in [5.41, 5.74) is -0.0919. The summed E-state index contributed by atoms with van der Waals surface area (Å²) < 4.78 is 182. The van der Waals surface area contributed by atoms with Crippen LogP contribution in [0.15, 0.2) is 30.3 Å². The van der Waals surface area contributed by atoms with E-state index in [4.69, 9.17) is 0 Å². The second-order valence-corrected chi connectivity index (χ2v) is 9.78. The molecule has 234 valence electrons. The molecule has 1 nitrogen and oxygen atoms in total. The molecule has 0 saturated heterocycles. The fourth-order valence-corrected chi connectivity index (χ4v) is 4.22. The first kappa shape index (κ1) is 36.3. The smallest absolute Gasteiger partial charge is 0.294 e. The third kappa shape index (κ3) is 7.56. The number of hydrogen-bond acceptors (Lipinski definition) is 1. The quantitative estimate of drug-likeness (QED) is 0.119. The highest BCUT2D eigenvalue weighted by atomic mass is 19.4. The van der Waals surface area contributed by atoms with E-state index in [1.807, 2.05) is 13.8 Å². The van der Waals surface area contributed by atoms with E-state index in [2.05, 4.69) is 0 Å². The second kappa shape index (κ2) is 14.0. The first-order valence-corrected chi connectivity index (χ1v) is 13.0. The maximum Gasteiger partial charge on any atom is 0.460 e. The van der Waals surface area contributed by atoms with Gasteiger partial charge in [0.2, 0.25) is 0 Å². The molecule has 0 fully saturated rings. The molecule has 1 unspecified atom stereocenters. The van der Waals surface area contributed by atoms with Gasteiger partial charge in [0, 0.05) is 0 Å². The lowest BCUT2D eigenvalue weighted by Gasteiger charge is -2.44. The molecule has 0 saturated carbocycles. The SMILES string of the molecule is CCCCCCN(CCCCCC)C(Cc1ccccc1)C(F)(F)C(F)(F)C(F)(F)C(F)(F)C(F)(F)C(F)(F)F. The Labute approximate surface area is 225 Å². The molecule has 1 atom stereocenters. The molecule has 40 heavy (non-hydrogen) atoms. The van der Waals surface area contributed by atoms with Crippen LogP contribution in [0.2, 0.25) is 0 Å². The number of hydrogen-bond donors (Lipinski definition) is 0. The van der Waals surface area contributed by atoms with Gasteiger partial charge in [0.25, 0.3) is 0 Å². The Balaban J connectivity index is 3.66. The van der Waals surface area contributed by atoms with Crippen molar-refractivity contribution in [2.75, 3.05) is 13.1 Å². The summed E-state index contributed by atoms with van der Waals surface area (Å²) in [6.07, 6.45) is -4.82. The van der Waals surface area contributed by atoms with Gasteiger partial charge in [-0.05, 0) is 37.9 Å². The highest BCUT2D eigenvalue weighted by Crippen LogP contribution is 2.61. The summed E-state index contributed by atoms with van der Waals surface area (Å²) in [4.78, 5) is 0.725. The van der Waals surface area contributed by atoms with Crippen LogP contribution in [0, 0.1) is 0 Å². The van der Waals surface area contributed by atoms with Crippen molar-refractivity contribution in [2.24, 2.45) is 0 Å². The highest BCUT2D eigenvalue weighted by Gasteiger charge is 2.91. The summed E-state index contributed by atoms with van der Waals surface area (Å²) in [5.74, 6) is -36.9. The molecule has 1 rings (SSSR count). The van der Waals surface area contributed by atoms with Crippen molar-refractivity contribution in [3.8, 4) is 0 Å². The molecule has 0 radical (unpaired) electrons. The van der Waals surface area contributed by atoms with Crippen LogP contribution < -0.4 is 0 Å². The lowest BCUT2D eigenvalue weighted by atomic mass is 9.87. The zero-order valence-electron chi connectivity index (χ0n) is 22.1. The molecule has 0 aromatic heterocycles. The minimum atomic E-state index is -7.91. The topological polar surface area (TPSA) is 3.24 Å². The number of unbranched alkanes of at least 4 members (excludes halogenated alkanes) is 6. The minimum Gasteiger partial charge on any atom is -0.294 e. The van der Waals surface area contributed by atoms with Crippen molar-refractivity contribution >= 4 is 0 Å². The molecular weight excluding hydrogens is 573 g/mol. The average Bonchev–Trinajstić information content (AvgIpc) is 2.86. The minimum absolute atomic E-state index is 0.0919. The molecule has 0 bridgehead atoms. The Bertz CT molecular complexity index is 857. The predicted octanol–water partition coefficient (Wildman–Crippen LogP) is 9.80. The van der Waals surface area contributed by atoms with E-state index in [-0.39, 0.29) is 31.5 Å². The molecule has 0 amide bonds. The Morgan fingerprint density at radius 3 is 1.38 bits per heavy atom. The predicted molar refractivity (Wildman–Crippen MR) is 125 cm³/mol. The summed E-state index contributed by atoms with van der Waals surface area (Å²) in [6.45, 7) is 2.93. The van der Waals surface area contributed by atoms with Crippen LogP contribution in [-0.4, -0.2) is 59.8 Å². The van der Waals surface area contributed by atoms with Crippen molar-refractivity contribution in [1.82, 2.24) is 4.90 Å². The Morgan fingerprint density at radius 1 is 0.550 bits per heavy atom. The van der Waals surface area contributed by atoms with E-state index < -0.39 is 48.3 Å². The maximum absolute atomic E-state index is 15.5. The van der Waals surface area contributed by atoms with Gasteiger partial charge in [-0.3, -0.25) is 4.90 Å². The Hall–Kier alpha value is -1.73. The molecule has 0 spiro atoms. The fourth-order valence-electron chi connectivity index (χ4n) is 4.22. The molecule has 0 N–H and O–H groups in total. The summed E-state index contributed by atoms with van der Waals surface area (Å²) in [5, 5.41) is 0. The molecule has 0 aliphatic heterocycles.